The van der Waals surface area contributed by atoms with E-state index in [-0.39, 0.29) is 5.56 Å². The predicted octanol–water partition coefficient (Wildman–Crippen LogP) is 4.41. The summed E-state index contributed by atoms with van der Waals surface area (Å²) in [6.07, 6.45) is 1.75. The highest BCUT2D eigenvalue weighted by Crippen LogP contribution is 2.23. The smallest absolute Gasteiger partial charge is 0.337 e. The normalized spacial score (nSPS) is 10.8. The molecule has 0 unspecified atom stereocenters. The van der Waals surface area contributed by atoms with Gasteiger partial charge >= 0.3 is 5.97 Å². The van der Waals surface area contributed by atoms with Crippen molar-refractivity contribution >= 4 is 17.9 Å². The lowest BCUT2D eigenvalue weighted by Crippen LogP contribution is -2.07. The van der Waals surface area contributed by atoms with Gasteiger partial charge in [0.15, 0.2) is 0 Å². The van der Waals surface area contributed by atoms with Crippen LogP contribution in [0.15, 0.2) is 59.6 Å². The van der Waals surface area contributed by atoms with Gasteiger partial charge in [0, 0.05) is 23.2 Å². The molecule has 0 bridgehead atoms. The maximum Gasteiger partial charge on any atom is 0.337 e. The van der Waals surface area contributed by atoms with Crippen molar-refractivity contribution < 1.29 is 9.90 Å². The quantitative estimate of drug-likeness (QED) is 0.713. The fraction of sp³-hybridized carbons (Fsp3) is 0.0952. The first-order chi connectivity index (χ1) is 12.5. The van der Waals surface area contributed by atoms with E-state index in [0.29, 0.717) is 11.3 Å². The van der Waals surface area contributed by atoms with Crippen LogP contribution >= 0.6 is 0 Å². The van der Waals surface area contributed by atoms with Crippen molar-refractivity contribution in [3.63, 3.8) is 0 Å². The van der Waals surface area contributed by atoms with Crippen LogP contribution < -0.4 is 0 Å². The number of hydrogen-bond donors (Lipinski definition) is 1. The lowest BCUT2D eigenvalue weighted by atomic mass is 10.1. The minimum Gasteiger partial charge on any atom is -0.478 e. The molecule has 0 aliphatic heterocycles. The molecule has 3 rings (SSSR count). The number of nitriles is 1. The van der Waals surface area contributed by atoms with Gasteiger partial charge in [-0.1, -0.05) is 12.1 Å². The Morgan fingerprint density at radius 1 is 1.15 bits per heavy atom. The summed E-state index contributed by atoms with van der Waals surface area (Å²) in [6.45, 7) is 3.87. The van der Waals surface area contributed by atoms with Crippen LogP contribution in [0.4, 0.5) is 5.69 Å². The van der Waals surface area contributed by atoms with E-state index in [1.54, 1.807) is 48.7 Å². The number of aliphatic imine (C=N–C) groups is 1. The molecule has 0 radical (unpaired) electrons. The molecule has 26 heavy (non-hydrogen) atoms. The number of hydrogen-bond acceptors (Lipinski definition) is 3. The van der Waals surface area contributed by atoms with Gasteiger partial charge in [-0.2, -0.15) is 5.26 Å². The molecule has 0 fully saturated rings. The van der Waals surface area contributed by atoms with E-state index in [4.69, 9.17) is 5.26 Å². The third kappa shape index (κ3) is 3.26. The van der Waals surface area contributed by atoms with E-state index in [9.17, 15) is 9.90 Å². The lowest BCUT2D eigenvalue weighted by Gasteiger charge is -2.12. The van der Waals surface area contributed by atoms with E-state index in [1.165, 1.54) is 0 Å². The first-order valence-electron chi connectivity index (χ1n) is 8.07. The molecule has 0 saturated carbocycles. The summed E-state index contributed by atoms with van der Waals surface area (Å²) < 4.78 is 1.92. The Hall–Kier alpha value is -3.65. The van der Waals surface area contributed by atoms with Crippen molar-refractivity contribution in [3.8, 4) is 11.8 Å². The third-order valence-electron chi connectivity index (χ3n) is 4.19. The van der Waals surface area contributed by atoms with Crippen LogP contribution in [0.25, 0.3) is 5.69 Å². The van der Waals surface area contributed by atoms with Crippen LogP contribution in [-0.2, 0) is 0 Å². The van der Waals surface area contributed by atoms with E-state index < -0.39 is 5.97 Å². The second-order valence-corrected chi connectivity index (χ2v) is 5.90. The van der Waals surface area contributed by atoms with E-state index in [1.807, 2.05) is 30.5 Å². The molecule has 5 heteroatoms. The lowest BCUT2D eigenvalue weighted by molar-refractivity contribution is 0.0697. The average molecular weight is 343 g/mol. The summed E-state index contributed by atoms with van der Waals surface area (Å²) >= 11 is 0. The molecule has 0 atom stereocenters. The molecule has 2 aromatic carbocycles. The van der Waals surface area contributed by atoms with Crippen LogP contribution in [0.1, 0.15) is 32.9 Å². The molecule has 0 aliphatic rings. The number of aryl methyl sites for hydroxylation is 1. The fourth-order valence-corrected chi connectivity index (χ4v) is 2.90. The molecule has 0 amide bonds. The minimum absolute atomic E-state index is 0.255. The predicted molar refractivity (Wildman–Crippen MR) is 101 cm³/mol. The Kier molecular flexibility index (Phi) is 4.68. The van der Waals surface area contributed by atoms with Crippen LogP contribution in [0, 0.1) is 25.2 Å². The number of carbonyl (C=O) groups is 1. The Balaban J connectivity index is 2.00. The van der Waals surface area contributed by atoms with Crippen molar-refractivity contribution in [1.82, 2.24) is 4.57 Å². The molecule has 3 aromatic rings. The molecule has 5 nitrogen and oxygen atoms in total. The minimum atomic E-state index is -0.958. The van der Waals surface area contributed by atoms with Crippen molar-refractivity contribution in [2.24, 2.45) is 4.99 Å². The summed E-state index contributed by atoms with van der Waals surface area (Å²) in [6, 6.07) is 18.0. The summed E-state index contributed by atoms with van der Waals surface area (Å²) in [7, 11) is 0. The van der Waals surface area contributed by atoms with Crippen molar-refractivity contribution in [2.45, 2.75) is 13.8 Å². The number of aromatic nitrogens is 1. The van der Waals surface area contributed by atoms with Crippen LogP contribution in [0.3, 0.4) is 0 Å². The van der Waals surface area contributed by atoms with Crippen molar-refractivity contribution in [2.75, 3.05) is 0 Å². The SMILES string of the molecule is Cc1cc(C=Nc2ccc(C#N)cc2)c(C)n1-c1ccccc1C(=O)O. The molecule has 1 N–H and O–H groups in total. The number of benzene rings is 2. The van der Waals surface area contributed by atoms with E-state index in [0.717, 1.165) is 22.6 Å². The number of rotatable bonds is 4. The number of para-hydroxylation sites is 1. The molecule has 0 spiro atoms. The Morgan fingerprint density at radius 2 is 1.85 bits per heavy atom. The van der Waals surface area contributed by atoms with Crippen molar-refractivity contribution in [3.05, 3.63) is 82.7 Å². The maximum atomic E-state index is 11.5. The zero-order chi connectivity index (χ0) is 18.7. The van der Waals surface area contributed by atoms with Crippen molar-refractivity contribution in [1.29, 1.82) is 5.26 Å². The molecule has 128 valence electrons. The number of carboxylic acids is 1. The molecular formula is C21H17N3O2. The Bertz CT molecular complexity index is 1040. The highest BCUT2D eigenvalue weighted by Gasteiger charge is 2.15. The number of nitrogens with zero attached hydrogens (tertiary/aromatic N) is 3. The molecule has 0 aliphatic carbocycles. The van der Waals surface area contributed by atoms with E-state index in [2.05, 4.69) is 11.1 Å². The van der Waals surface area contributed by atoms with Crippen LogP contribution in [0.2, 0.25) is 0 Å². The maximum absolute atomic E-state index is 11.5. The fourth-order valence-electron chi connectivity index (χ4n) is 2.90. The van der Waals surface area contributed by atoms with Gasteiger partial charge in [0.2, 0.25) is 0 Å². The van der Waals surface area contributed by atoms with Gasteiger partial charge in [-0.3, -0.25) is 4.99 Å². The third-order valence-corrected chi connectivity index (χ3v) is 4.19. The summed E-state index contributed by atoms with van der Waals surface area (Å²) in [4.78, 5) is 16.0. The molecule has 1 heterocycles. The first kappa shape index (κ1) is 17.2. The topological polar surface area (TPSA) is 78.4 Å². The van der Waals surface area contributed by atoms with Gasteiger partial charge in [-0.15, -0.1) is 0 Å². The van der Waals surface area contributed by atoms with Gasteiger partial charge in [0.05, 0.1) is 28.6 Å². The summed E-state index contributed by atoms with van der Waals surface area (Å²) in [5, 5.41) is 18.3. The monoisotopic (exact) mass is 343 g/mol. The highest BCUT2D eigenvalue weighted by atomic mass is 16.4. The van der Waals surface area contributed by atoms with Gasteiger partial charge in [0.1, 0.15) is 0 Å². The van der Waals surface area contributed by atoms with Gasteiger partial charge in [0.25, 0.3) is 0 Å². The van der Waals surface area contributed by atoms with Crippen LogP contribution in [0.5, 0.6) is 0 Å². The van der Waals surface area contributed by atoms with E-state index >= 15 is 0 Å². The second-order valence-electron chi connectivity index (χ2n) is 5.90. The number of aromatic carboxylic acids is 1. The Morgan fingerprint density at radius 3 is 2.50 bits per heavy atom. The highest BCUT2D eigenvalue weighted by molar-refractivity contribution is 5.92. The standard InChI is InChI=1S/C21H17N3O2/c1-14-11-17(13-23-18-9-7-16(12-22)8-10-18)15(2)24(14)20-6-4-3-5-19(20)21(25)26/h3-11,13H,1-2H3,(H,25,26). The molecule has 0 saturated heterocycles. The van der Waals surface area contributed by atoms with Gasteiger partial charge in [-0.05, 0) is 56.3 Å². The Labute approximate surface area is 151 Å². The largest absolute Gasteiger partial charge is 0.478 e. The number of carboxylic acid groups (broad SMARTS) is 1. The summed E-state index contributed by atoms with van der Waals surface area (Å²) in [5.74, 6) is -0.958. The van der Waals surface area contributed by atoms with Crippen LogP contribution in [-0.4, -0.2) is 21.9 Å². The summed E-state index contributed by atoms with van der Waals surface area (Å²) in [5.41, 5.74) is 4.98. The first-order valence-corrected chi connectivity index (χ1v) is 8.07. The zero-order valence-corrected chi connectivity index (χ0v) is 14.5. The zero-order valence-electron chi connectivity index (χ0n) is 14.5. The van der Waals surface area contributed by atoms with Gasteiger partial charge < -0.3 is 9.67 Å². The van der Waals surface area contributed by atoms with Gasteiger partial charge in [-0.25, -0.2) is 4.79 Å². The second kappa shape index (κ2) is 7.08. The molecular weight excluding hydrogens is 326 g/mol. The molecule has 1 aromatic heterocycles. The average Bonchev–Trinajstić information content (AvgIpc) is 2.93.